The second-order valence-corrected chi connectivity index (χ2v) is 8.85. The van der Waals surface area contributed by atoms with Crippen molar-refractivity contribution in [2.24, 2.45) is 5.92 Å². The lowest BCUT2D eigenvalue weighted by Gasteiger charge is -2.10. The molecule has 1 heterocycles. The highest BCUT2D eigenvalue weighted by atomic mass is 79.9. The molecule has 0 radical (unpaired) electrons. The molecule has 1 fully saturated rings. The molecule has 1 aliphatic carbocycles. The molecule has 2 unspecified atom stereocenters. The highest BCUT2D eigenvalue weighted by Gasteiger charge is 2.25. The normalized spacial score (nSPS) is 25.3. The van der Waals surface area contributed by atoms with Gasteiger partial charge >= 0.3 is 0 Å². The Morgan fingerprint density at radius 2 is 2.35 bits per heavy atom. The lowest BCUT2D eigenvalue weighted by molar-refractivity contribution is 0.521. The van der Waals surface area contributed by atoms with Crippen molar-refractivity contribution in [2.75, 3.05) is 6.54 Å². The first-order chi connectivity index (χ1) is 7.97. The molecule has 0 aromatic carbocycles. The van der Waals surface area contributed by atoms with E-state index in [2.05, 4.69) is 25.6 Å². The van der Waals surface area contributed by atoms with Gasteiger partial charge in [0.2, 0.25) is 0 Å². The maximum Gasteiger partial charge on any atom is 0.251 e. The van der Waals surface area contributed by atoms with Crippen LogP contribution in [0.3, 0.4) is 0 Å². The lowest BCUT2D eigenvalue weighted by Crippen LogP contribution is -2.28. The fraction of sp³-hybridized carbons (Fsp3) is 0.700. The monoisotopic (exact) mass is 338 g/mol. The number of rotatable bonds is 4. The third-order valence-corrected chi connectivity index (χ3v) is 6.53. The molecule has 17 heavy (non-hydrogen) atoms. The first-order valence-electron chi connectivity index (χ1n) is 5.53. The number of halogens is 1. The molecule has 1 aromatic heterocycles. The minimum absolute atomic E-state index is 0.309. The highest BCUT2D eigenvalue weighted by molar-refractivity contribution is 9.09. The van der Waals surface area contributed by atoms with E-state index in [0.717, 1.165) is 24.3 Å². The number of aromatic nitrogens is 1. The van der Waals surface area contributed by atoms with Crippen LogP contribution in [0.5, 0.6) is 0 Å². The van der Waals surface area contributed by atoms with E-state index in [9.17, 15) is 8.42 Å². The average molecular weight is 339 g/mol. The summed E-state index contributed by atoms with van der Waals surface area (Å²) in [7, 11) is -3.35. The van der Waals surface area contributed by atoms with Gasteiger partial charge in [0.15, 0.2) is 4.21 Å². The quantitative estimate of drug-likeness (QED) is 0.857. The topological polar surface area (TPSA) is 59.1 Å². The third kappa shape index (κ3) is 3.49. The minimum atomic E-state index is -3.35. The van der Waals surface area contributed by atoms with Crippen molar-refractivity contribution in [3.8, 4) is 0 Å². The van der Waals surface area contributed by atoms with Crippen LogP contribution in [-0.4, -0.2) is 24.8 Å². The van der Waals surface area contributed by atoms with E-state index in [-0.39, 0.29) is 0 Å². The van der Waals surface area contributed by atoms with Gasteiger partial charge in [-0.25, -0.2) is 18.1 Å². The molecule has 0 saturated heterocycles. The van der Waals surface area contributed by atoms with Crippen LogP contribution in [0.2, 0.25) is 0 Å². The summed E-state index contributed by atoms with van der Waals surface area (Å²) in [6.45, 7) is 2.33. The van der Waals surface area contributed by atoms with E-state index < -0.39 is 10.0 Å². The molecule has 2 rings (SSSR count). The number of hydrogen-bond donors (Lipinski definition) is 1. The van der Waals surface area contributed by atoms with Crippen LogP contribution in [0.1, 0.15) is 24.3 Å². The van der Waals surface area contributed by atoms with Gasteiger partial charge < -0.3 is 0 Å². The van der Waals surface area contributed by atoms with Crippen LogP contribution in [0, 0.1) is 12.8 Å². The number of alkyl halides is 1. The largest absolute Gasteiger partial charge is 0.251 e. The van der Waals surface area contributed by atoms with Crippen molar-refractivity contribution in [1.82, 2.24) is 9.71 Å². The summed E-state index contributed by atoms with van der Waals surface area (Å²) in [4.78, 5) is 4.51. The summed E-state index contributed by atoms with van der Waals surface area (Å²) < 4.78 is 26.8. The molecular weight excluding hydrogens is 324 g/mol. The molecule has 0 aliphatic heterocycles. The van der Waals surface area contributed by atoms with Gasteiger partial charge in [-0.2, -0.15) is 0 Å². The molecule has 1 aliphatic rings. The number of thiazole rings is 1. The maximum absolute atomic E-state index is 11.9. The van der Waals surface area contributed by atoms with Crippen LogP contribution in [0.4, 0.5) is 0 Å². The second kappa shape index (κ2) is 5.34. The van der Waals surface area contributed by atoms with Gasteiger partial charge in [0.1, 0.15) is 0 Å². The first kappa shape index (κ1) is 13.5. The van der Waals surface area contributed by atoms with Crippen molar-refractivity contribution in [3.05, 3.63) is 11.2 Å². The number of sulfonamides is 1. The van der Waals surface area contributed by atoms with Crippen LogP contribution in [0.15, 0.2) is 10.4 Å². The number of aryl methyl sites for hydroxylation is 1. The molecule has 4 nitrogen and oxygen atoms in total. The Balaban J connectivity index is 1.94. The Hall–Kier alpha value is 0.0200. The molecule has 2 atom stereocenters. The standard InChI is InChI=1S/C10H15BrN2O2S2/c1-7-12-6-10(16-7)17(14,15)13-5-8-2-3-9(11)4-8/h6,8-9,13H,2-5H2,1H3. The van der Waals surface area contributed by atoms with E-state index in [1.54, 1.807) is 6.92 Å². The Kier molecular flexibility index (Phi) is 4.22. The molecule has 0 spiro atoms. The average Bonchev–Trinajstić information content (AvgIpc) is 2.85. The summed E-state index contributed by atoms with van der Waals surface area (Å²) in [5, 5.41) is 0.770. The van der Waals surface area contributed by atoms with E-state index >= 15 is 0 Å². The summed E-state index contributed by atoms with van der Waals surface area (Å²) in [5.74, 6) is 0.447. The molecular formula is C10H15BrN2O2S2. The van der Waals surface area contributed by atoms with Gasteiger partial charge in [-0.1, -0.05) is 15.9 Å². The summed E-state index contributed by atoms with van der Waals surface area (Å²) >= 11 is 4.77. The predicted octanol–water partition coefficient (Wildman–Crippen LogP) is 2.29. The van der Waals surface area contributed by atoms with Crippen molar-refractivity contribution in [1.29, 1.82) is 0 Å². The van der Waals surface area contributed by atoms with Crippen molar-refractivity contribution in [2.45, 2.75) is 35.2 Å². The number of nitrogens with one attached hydrogen (secondary N) is 1. The highest BCUT2D eigenvalue weighted by Crippen LogP contribution is 2.30. The van der Waals surface area contributed by atoms with Gasteiger partial charge in [-0.15, -0.1) is 11.3 Å². The Labute approximate surface area is 114 Å². The Morgan fingerprint density at radius 3 is 2.88 bits per heavy atom. The summed E-state index contributed by atoms with van der Waals surface area (Å²) in [6.07, 6.45) is 4.68. The van der Waals surface area contributed by atoms with Crippen molar-refractivity contribution >= 4 is 37.3 Å². The van der Waals surface area contributed by atoms with Gasteiger partial charge in [0, 0.05) is 11.4 Å². The van der Waals surface area contributed by atoms with Gasteiger partial charge in [-0.05, 0) is 32.1 Å². The number of hydrogen-bond acceptors (Lipinski definition) is 4. The fourth-order valence-electron chi connectivity index (χ4n) is 1.96. The Bertz CT molecular complexity index is 486. The van der Waals surface area contributed by atoms with Gasteiger partial charge in [0.25, 0.3) is 10.0 Å². The van der Waals surface area contributed by atoms with Crippen LogP contribution in [0.25, 0.3) is 0 Å². The molecule has 1 aromatic rings. The Morgan fingerprint density at radius 1 is 1.59 bits per heavy atom. The SMILES string of the molecule is Cc1ncc(S(=O)(=O)NCC2CCC(Br)C2)s1. The van der Waals surface area contributed by atoms with Crippen LogP contribution in [-0.2, 0) is 10.0 Å². The van der Waals surface area contributed by atoms with E-state index in [1.165, 1.54) is 17.5 Å². The minimum Gasteiger partial charge on any atom is -0.249 e. The van der Waals surface area contributed by atoms with Crippen molar-refractivity contribution in [3.63, 3.8) is 0 Å². The summed E-state index contributed by atoms with van der Waals surface area (Å²) in [5.41, 5.74) is 0. The van der Waals surface area contributed by atoms with Crippen molar-refractivity contribution < 1.29 is 8.42 Å². The van der Waals surface area contributed by atoms with Gasteiger partial charge in [-0.3, -0.25) is 0 Å². The zero-order valence-electron chi connectivity index (χ0n) is 9.52. The van der Waals surface area contributed by atoms with Gasteiger partial charge in [0.05, 0.1) is 11.2 Å². The second-order valence-electron chi connectivity index (χ2n) is 4.33. The van der Waals surface area contributed by atoms with Crippen LogP contribution >= 0.6 is 27.3 Å². The fourth-order valence-corrected chi connectivity index (χ4v) is 5.03. The van der Waals surface area contributed by atoms with Crippen LogP contribution < -0.4 is 4.72 Å². The predicted molar refractivity (Wildman–Crippen MR) is 72.1 cm³/mol. The molecule has 1 saturated carbocycles. The third-order valence-electron chi connectivity index (χ3n) is 2.90. The van der Waals surface area contributed by atoms with E-state index in [1.807, 2.05) is 0 Å². The lowest BCUT2D eigenvalue weighted by atomic mass is 10.1. The van der Waals surface area contributed by atoms with E-state index in [4.69, 9.17) is 0 Å². The smallest absolute Gasteiger partial charge is 0.249 e. The molecule has 96 valence electrons. The zero-order valence-corrected chi connectivity index (χ0v) is 12.7. The molecule has 0 amide bonds. The maximum atomic E-state index is 11.9. The number of nitrogens with zero attached hydrogens (tertiary/aromatic N) is 1. The summed E-state index contributed by atoms with van der Waals surface area (Å²) in [6, 6.07) is 0. The zero-order chi connectivity index (χ0) is 12.5. The first-order valence-corrected chi connectivity index (χ1v) is 8.75. The van der Waals surface area contributed by atoms with E-state index in [0.29, 0.717) is 21.5 Å². The molecule has 0 bridgehead atoms. The molecule has 1 N–H and O–H groups in total. The molecule has 7 heteroatoms.